The maximum Gasteiger partial charge on any atom is 0.289 e. The third-order valence-electron chi connectivity index (χ3n) is 6.52. The molecular formula is C24H24N2O4. The molecule has 0 unspecified atom stereocenters. The minimum atomic E-state index is -0.255. The normalized spacial score (nSPS) is 22.7. The van der Waals surface area contributed by atoms with Gasteiger partial charge >= 0.3 is 0 Å². The molecule has 2 bridgehead atoms. The molecule has 5 rings (SSSR count). The number of nitrogens with zero attached hydrogens (tertiary/aromatic N) is 2. The van der Waals surface area contributed by atoms with E-state index in [9.17, 15) is 14.4 Å². The molecule has 4 heterocycles. The summed E-state index contributed by atoms with van der Waals surface area (Å²) in [6, 6.07) is 13.8. The van der Waals surface area contributed by atoms with Crippen molar-refractivity contribution in [2.24, 2.45) is 5.92 Å². The van der Waals surface area contributed by atoms with Gasteiger partial charge in [-0.3, -0.25) is 14.4 Å². The van der Waals surface area contributed by atoms with Crippen LogP contribution in [-0.2, 0) is 0 Å². The predicted octanol–water partition coefficient (Wildman–Crippen LogP) is 3.56. The number of aromatic nitrogens is 1. The van der Waals surface area contributed by atoms with Crippen molar-refractivity contribution >= 4 is 16.9 Å². The Labute approximate surface area is 173 Å². The number of para-hydroxylation sites is 1. The zero-order chi connectivity index (χ0) is 20.8. The molecule has 1 fully saturated rings. The van der Waals surface area contributed by atoms with Crippen LogP contribution >= 0.6 is 0 Å². The van der Waals surface area contributed by atoms with Gasteiger partial charge in [0.25, 0.3) is 11.5 Å². The van der Waals surface area contributed by atoms with Gasteiger partial charge in [0, 0.05) is 42.9 Å². The first-order valence-electron chi connectivity index (χ1n) is 10.6. The summed E-state index contributed by atoms with van der Waals surface area (Å²) in [5.74, 6) is 0.153. The van der Waals surface area contributed by atoms with Gasteiger partial charge in [-0.25, -0.2) is 0 Å². The van der Waals surface area contributed by atoms with E-state index >= 15 is 0 Å². The number of piperidine rings is 1. The quantitative estimate of drug-likeness (QED) is 0.669. The number of fused-ring (bicyclic) bond motifs is 5. The number of carbonyl (C=O) groups excluding carboxylic acids is 1. The highest BCUT2D eigenvalue weighted by Crippen LogP contribution is 2.43. The van der Waals surface area contributed by atoms with Crippen molar-refractivity contribution in [3.8, 4) is 0 Å². The first kappa shape index (κ1) is 18.9. The minimum absolute atomic E-state index is 0.0425. The molecule has 6 nitrogen and oxygen atoms in total. The summed E-state index contributed by atoms with van der Waals surface area (Å²) in [4.78, 5) is 40.2. The zero-order valence-corrected chi connectivity index (χ0v) is 16.9. The minimum Gasteiger partial charge on any atom is -0.451 e. The molecule has 6 heteroatoms. The van der Waals surface area contributed by atoms with E-state index in [1.54, 1.807) is 41.3 Å². The molecule has 3 aromatic rings. The van der Waals surface area contributed by atoms with E-state index in [2.05, 4.69) is 6.92 Å². The van der Waals surface area contributed by atoms with Crippen LogP contribution in [0.25, 0.3) is 11.0 Å². The Morgan fingerprint density at radius 2 is 1.93 bits per heavy atom. The van der Waals surface area contributed by atoms with Crippen LogP contribution < -0.4 is 11.0 Å². The topological polar surface area (TPSA) is 72.5 Å². The molecule has 1 aromatic carbocycles. The van der Waals surface area contributed by atoms with E-state index in [1.165, 1.54) is 6.07 Å². The van der Waals surface area contributed by atoms with Crippen LogP contribution in [0.3, 0.4) is 0 Å². The average Bonchev–Trinajstić information content (AvgIpc) is 2.76. The largest absolute Gasteiger partial charge is 0.451 e. The standard InChI is InChI=1S/C24H24N2O4/c1-2-6-18-15-11-16(19-8-5-10-23(28)26(18)19)14-25(13-15)24(29)22-12-20(27)17-7-3-4-9-21(17)30-22/h3-5,7-10,12,15-16,18H,2,6,11,13-14H2,1H3/t15-,16+,18-/m0/s1. The molecule has 0 N–H and O–H groups in total. The summed E-state index contributed by atoms with van der Waals surface area (Å²) in [5, 5.41) is 0.473. The van der Waals surface area contributed by atoms with Gasteiger partial charge in [0.1, 0.15) is 5.58 Å². The summed E-state index contributed by atoms with van der Waals surface area (Å²) in [6.45, 7) is 3.21. The summed E-state index contributed by atoms with van der Waals surface area (Å²) in [5.41, 5.74) is 1.26. The molecule has 0 saturated carbocycles. The molecule has 2 aliphatic heterocycles. The number of carbonyl (C=O) groups is 1. The second kappa shape index (κ2) is 7.27. The lowest BCUT2D eigenvalue weighted by Crippen LogP contribution is -2.51. The van der Waals surface area contributed by atoms with Gasteiger partial charge in [0.2, 0.25) is 0 Å². The number of hydrogen-bond donors (Lipinski definition) is 0. The molecule has 3 atom stereocenters. The summed E-state index contributed by atoms with van der Waals surface area (Å²) in [6.07, 6.45) is 2.85. The lowest BCUT2D eigenvalue weighted by molar-refractivity contribution is 0.0491. The molecule has 0 spiro atoms. The van der Waals surface area contributed by atoms with Gasteiger partial charge in [-0.2, -0.15) is 0 Å². The van der Waals surface area contributed by atoms with E-state index in [0.29, 0.717) is 24.1 Å². The van der Waals surface area contributed by atoms with Crippen LogP contribution in [0.5, 0.6) is 0 Å². The Kier molecular flexibility index (Phi) is 4.57. The fourth-order valence-electron chi connectivity index (χ4n) is 5.24. The van der Waals surface area contributed by atoms with Gasteiger partial charge in [0.15, 0.2) is 11.2 Å². The second-order valence-electron chi connectivity index (χ2n) is 8.39. The summed E-state index contributed by atoms with van der Waals surface area (Å²) < 4.78 is 7.75. The molecular weight excluding hydrogens is 380 g/mol. The lowest BCUT2D eigenvalue weighted by Gasteiger charge is -2.47. The fraction of sp³-hybridized carbons (Fsp3) is 0.375. The van der Waals surface area contributed by atoms with E-state index in [4.69, 9.17) is 4.42 Å². The highest BCUT2D eigenvalue weighted by molar-refractivity contribution is 5.93. The lowest BCUT2D eigenvalue weighted by atomic mass is 9.77. The number of amides is 1. The number of rotatable bonds is 3. The van der Waals surface area contributed by atoms with Crippen molar-refractivity contribution in [3.05, 3.63) is 80.6 Å². The van der Waals surface area contributed by atoms with Crippen LogP contribution in [0.1, 0.15) is 54.4 Å². The van der Waals surface area contributed by atoms with E-state index < -0.39 is 0 Å². The van der Waals surface area contributed by atoms with Crippen molar-refractivity contribution in [3.63, 3.8) is 0 Å². The molecule has 0 radical (unpaired) electrons. The highest BCUT2D eigenvalue weighted by atomic mass is 16.3. The summed E-state index contributed by atoms with van der Waals surface area (Å²) in [7, 11) is 0. The van der Waals surface area contributed by atoms with Crippen molar-refractivity contribution in [2.75, 3.05) is 13.1 Å². The van der Waals surface area contributed by atoms with Gasteiger partial charge in [-0.15, -0.1) is 0 Å². The van der Waals surface area contributed by atoms with Crippen molar-refractivity contribution < 1.29 is 9.21 Å². The van der Waals surface area contributed by atoms with Crippen LogP contribution in [0.4, 0.5) is 0 Å². The Morgan fingerprint density at radius 3 is 2.77 bits per heavy atom. The molecule has 1 saturated heterocycles. The zero-order valence-electron chi connectivity index (χ0n) is 16.9. The number of benzene rings is 1. The maximum atomic E-state index is 13.3. The number of hydrogen-bond acceptors (Lipinski definition) is 4. The second-order valence-corrected chi connectivity index (χ2v) is 8.39. The fourth-order valence-corrected chi connectivity index (χ4v) is 5.24. The van der Waals surface area contributed by atoms with Crippen molar-refractivity contribution in [1.82, 2.24) is 9.47 Å². The van der Waals surface area contributed by atoms with E-state index in [1.807, 2.05) is 10.6 Å². The predicted molar refractivity (Wildman–Crippen MR) is 114 cm³/mol. The highest BCUT2D eigenvalue weighted by Gasteiger charge is 2.41. The number of pyridine rings is 1. The first-order valence-corrected chi connectivity index (χ1v) is 10.6. The van der Waals surface area contributed by atoms with Gasteiger partial charge in [-0.05, 0) is 37.0 Å². The Balaban J connectivity index is 1.52. The van der Waals surface area contributed by atoms with Crippen LogP contribution in [0, 0.1) is 5.92 Å². The third-order valence-corrected chi connectivity index (χ3v) is 6.52. The van der Waals surface area contributed by atoms with E-state index in [-0.39, 0.29) is 40.5 Å². The van der Waals surface area contributed by atoms with Crippen LogP contribution in [0.15, 0.2) is 62.5 Å². The van der Waals surface area contributed by atoms with Crippen LogP contribution in [0.2, 0.25) is 0 Å². The Hall–Kier alpha value is -3.15. The van der Waals surface area contributed by atoms with Gasteiger partial charge in [0.05, 0.1) is 5.39 Å². The first-order chi connectivity index (χ1) is 14.6. The van der Waals surface area contributed by atoms with Crippen molar-refractivity contribution in [2.45, 2.75) is 38.1 Å². The molecule has 1 amide bonds. The van der Waals surface area contributed by atoms with Crippen LogP contribution in [-0.4, -0.2) is 28.5 Å². The molecule has 2 aromatic heterocycles. The molecule has 30 heavy (non-hydrogen) atoms. The molecule has 0 aliphatic carbocycles. The molecule has 154 valence electrons. The van der Waals surface area contributed by atoms with Crippen molar-refractivity contribution in [1.29, 1.82) is 0 Å². The average molecular weight is 404 g/mol. The smallest absolute Gasteiger partial charge is 0.289 e. The van der Waals surface area contributed by atoms with Gasteiger partial charge < -0.3 is 13.9 Å². The van der Waals surface area contributed by atoms with Gasteiger partial charge in [-0.1, -0.05) is 31.5 Å². The maximum absolute atomic E-state index is 13.3. The monoisotopic (exact) mass is 404 g/mol. The third kappa shape index (κ3) is 2.98. The number of likely N-dealkylation sites (tertiary alicyclic amines) is 1. The summed E-state index contributed by atoms with van der Waals surface area (Å²) >= 11 is 0. The van der Waals surface area contributed by atoms with E-state index in [0.717, 1.165) is 25.0 Å². The Morgan fingerprint density at radius 1 is 1.10 bits per heavy atom. The Bertz CT molecular complexity index is 1240. The molecule has 2 aliphatic rings. The SMILES string of the molecule is CCC[C@H]1[C@H]2C[C@H](CN(C(=O)c3cc(=O)c4ccccc4o3)C2)c2cccc(=O)n21.